The Labute approximate surface area is 158 Å². The van der Waals surface area contributed by atoms with Gasteiger partial charge >= 0.3 is 6.03 Å². The number of rotatable bonds is 3. The fraction of sp³-hybridized carbons (Fsp3) is 0.609. The first-order chi connectivity index (χ1) is 11.9. The lowest BCUT2D eigenvalue weighted by Gasteiger charge is -2.39. The summed E-state index contributed by atoms with van der Waals surface area (Å²) in [5.41, 5.74) is 3.43. The third-order valence-electron chi connectivity index (χ3n) is 6.17. The lowest BCUT2D eigenvalue weighted by Crippen LogP contribution is -2.50. The van der Waals surface area contributed by atoms with Crippen molar-refractivity contribution in [3.05, 3.63) is 42.0 Å². The summed E-state index contributed by atoms with van der Waals surface area (Å²) < 4.78 is 0. The maximum absolute atomic E-state index is 13.1. The SMILES string of the molecule is C=C(C)c1cccc(C(C)(C)NC(=O)N2C[C@@]3(C)C[C@H]2CC(C)(C)C3)c1. The molecule has 26 heavy (non-hydrogen) atoms. The zero-order valence-corrected chi connectivity index (χ0v) is 17.3. The summed E-state index contributed by atoms with van der Waals surface area (Å²) in [7, 11) is 0. The molecule has 1 saturated heterocycles. The van der Waals surface area contributed by atoms with E-state index in [4.69, 9.17) is 0 Å². The van der Waals surface area contributed by atoms with Gasteiger partial charge in [0.05, 0.1) is 5.54 Å². The normalized spacial score (nSPS) is 27.3. The second kappa shape index (κ2) is 6.14. The van der Waals surface area contributed by atoms with Crippen LogP contribution < -0.4 is 5.32 Å². The van der Waals surface area contributed by atoms with E-state index in [1.807, 2.05) is 13.0 Å². The van der Waals surface area contributed by atoms with Gasteiger partial charge in [-0.1, -0.05) is 51.1 Å². The van der Waals surface area contributed by atoms with E-state index in [2.05, 4.69) is 69.6 Å². The largest absolute Gasteiger partial charge is 0.329 e. The highest BCUT2D eigenvalue weighted by Gasteiger charge is 2.51. The Bertz CT molecular complexity index is 733. The third kappa shape index (κ3) is 3.67. The number of amides is 2. The Hall–Kier alpha value is -1.77. The van der Waals surface area contributed by atoms with Crippen LogP contribution in [0.5, 0.6) is 0 Å². The monoisotopic (exact) mass is 354 g/mol. The minimum Gasteiger partial charge on any atom is -0.329 e. The van der Waals surface area contributed by atoms with Gasteiger partial charge in [0.15, 0.2) is 0 Å². The first-order valence-corrected chi connectivity index (χ1v) is 9.76. The molecule has 3 nitrogen and oxygen atoms in total. The number of carbonyl (C=O) groups is 1. The van der Waals surface area contributed by atoms with Crippen LogP contribution in [0, 0.1) is 10.8 Å². The van der Waals surface area contributed by atoms with Crippen LogP contribution in [0.4, 0.5) is 4.79 Å². The molecule has 2 aliphatic rings. The molecule has 1 aromatic carbocycles. The van der Waals surface area contributed by atoms with E-state index in [9.17, 15) is 4.79 Å². The van der Waals surface area contributed by atoms with Gasteiger partial charge < -0.3 is 10.2 Å². The van der Waals surface area contributed by atoms with Crippen molar-refractivity contribution in [1.82, 2.24) is 10.2 Å². The Kier molecular flexibility index (Phi) is 4.49. The molecule has 1 saturated carbocycles. The molecule has 2 atom stereocenters. The molecule has 1 heterocycles. The molecule has 1 aromatic rings. The second-order valence-electron chi connectivity index (χ2n) is 10.3. The van der Waals surface area contributed by atoms with Crippen LogP contribution in [0.25, 0.3) is 5.57 Å². The topological polar surface area (TPSA) is 32.3 Å². The molecule has 0 unspecified atom stereocenters. The maximum Gasteiger partial charge on any atom is 0.318 e. The van der Waals surface area contributed by atoms with E-state index >= 15 is 0 Å². The molecule has 1 aliphatic carbocycles. The summed E-state index contributed by atoms with van der Waals surface area (Å²) in [5, 5.41) is 3.30. The molecule has 2 fully saturated rings. The summed E-state index contributed by atoms with van der Waals surface area (Å²) >= 11 is 0. The number of likely N-dealkylation sites (tertiary alicyclic amines) is 1. The van der Waals surface area contributed by atoms with Gasteiger partial charge in [0.25, 0.3) is 0 Å². The average molecular weight is 355 g/mol. The Morgan fingerprint density at radius 1 is 1.27 bits per heavy atom. The number of hydrogen-bond donors (Lipinski definition) is 1. The highest BCUT2D eigenvalue weighted by atomic mass is 16.2. The molecule has 0 aromatic heterocycles. The van der Waals surface area contributed by atoms with Gasteiger partial charge in [-0.3, -0.25) is 0 Å². The number of hydrogen-bond acceptors (Lipinski definition) is 1. The van der Waals surface area contributed by atoms with E-state index in [1.165, 1.54) is 6.42 Å². The Morgan fingerprint density at radius 3 is 2.62 bits per heavy atom. The van der Waals surface area contributed by atoms with Crippen molar-refractivity contribution >= 4 is 11.6 Å². The molecule has 1 aliphatic heterocycles. The van der Waals surface area contributed by atoms with Crippen molar-refractivity contribution in [2.75, 3.05) is 6.54 Å². The van der Waals surface area contributed by atoms with Crippen molar-refractivity contribution in [2.45, 2.75) is 72.4 Å². The minimum atomic E-state index is -0.421. The van der Waals surface area contributed by atoms with Gasteiger partial charge in [-0.2, -0.15) is 0 Å². The first-order valence-electron chi connectivity index (χ1n) is 9.76. The van der Waals surface area contributed by atoms with Crippen molar-refractivity contribution in [2.24, 2.45) is 10.8 Å². The number of benzene rings is 1. The summed E-state index contributed by atoms with van der Waals surface area (Å²) in [6.07, 6.45) is 3.43. The highest BCUT2D eigenvalue weighted by molar-refractivity contribution is 5.76. The van der Waals surface area contributed by atoms with E-state index in [-0.39, 0.29) is 11.4 Å². The van der Waals surface area contributed by atoms with Gasteiger partial charge in [0.2, 0.25) is 0 Å². The second-order valence-corrected chi connectivity index (χ2v) is 10.3. The standard InChI is InChI=1S/C23H34N2O/c1-16(2)17-9-8-10-18(11-17)22(5,6)24-20(26)25-15-23(7)13-19(25)12-21(3,4)14-23/h8-11,19H,1,12-15H2,2-7H3,(H,24,26)/t19-,23+/m1/s1. The van der Waals surface area contributed by atoms with E-state index in [0.29, 0.717) is 11.5 Å². The molecular formula is C23H34N2O. The predicted molar refractivity (Wildman–Crippen MR) is 109 cm³/mol. The minimum absolute atomic E-state index is 0.0714. The number of fused-ring (bicyclic) bond motifs is 2. The van der Waals surface area contributed by atoms with Crippen LogP contribution in [0.1, 0.15) is 71.9 Å². The number of urea groups is 1. The van der Waals surface area contributed by atoms with Crippen molar-refractivity contribution in [1.29, 1.82) is 0 Å². The molecule has 1 N–H and O–H groups in total. The fourth-order valence-electron chi connectivity index (χ4n) is 5.28. The fourth-order valence-corrected chi connectivity index (χ4v) is 5.28. The van der Waals surface area contributed by atoms with Crippen LogP contribution in [0.2, 0.25) is 0 Å². The molecule has 3 rings (SSSR count). The van der Waals surface area contributed by atoms with E-state index in [0.717, 1.165) is 36.1 Å². The highest BCUT2D eigenvalue weighted by Crippen LogP contribution is 2.52. The van der Waals surface area contributed by atoms with Gasteiger partial charge in [-0.15, -0.1) is 0 Å². The van der Waals surface area contributed by atoms with Crippen LogP contribution in [0.15, 0.2) is 30.8 Å². The third-order valence-corrected chi connectivity index (χ3v) is 6.17. The number of allylic oxidation sites excluding steroid dienone is 1. The zero-order chi connectivity index (χ0) is 19.3. The van der Waals surface area contributed by atoms with Crippen LogP contribution in [-0.4, -0.2) is 23.5 Å². The van der Waals surface area contributed by atoms with Crippen LogP contribution in [0.3, 0.4) is 0 Å². The van der Waals surface area contributed by atoms with Crippen LogP contribution in [-0.2, 0) is 5.54 Å². The number of nitrogens with zero attached hydrogens (tertiary/aromatic N) is 1. The summed E-state index contributed by atoms with van der Waals surface area (Å²) in [6, 6.07) is 8.76. The quantitative estimate of drug-likeness (QED) is 0.756. The molecule has 2 bridgehead atoms. The first kappa shape index (κ1) is 19.0. The maximum atomic E-state index is 13.1. The molecular weight excluding hydrogens is 320 g/mol. The molecule has 142 valence electrons. The predicted octanol–water partition coefficient (Wildman–Crippen LogP) is 5.57. The summed E-state index contributed by atoms with van der Waals surface area (Å²) in [4.78, 5) is 15.2. The number of carbonyl (C=O) groups excluding carboxylic acids is 1. The van der Waals surface area contributed by atoms with Gasteiger partial charge in [-0.05, 0) is 68.1 Å². The van der Waals surface area contributed by atoms with Gasteiger partial charge in [0, 0.05) is 12.6 Å². The van der Waals surface area contributed by atoms with Crippen molar-refractivity contribution in [3.8, 4) is 0 Å². The number of nitrogens with one attached hydrogen (secondary N) is 1. The zero-order valence-electron chi connectivity index (χ0n) is 17.3. The summed E-state index contributed by atoms with van der Waals surface area (Å²) in [6.45, 7) is 18.1. The molecule has 0 spiro atoms. The smallest absolute Gasteiger partial charge is 0.318 e. The van der Waals surface area contributed by atoms with E-state index < -0.39 is 5.54 Å². The lowest BCUT2D eigenvalue weighted by atomic mass is 9.65. The Morgan fingerprint density at radius 2 is 1.96 bits per heavy atom. The van der Waals surface area contributed by atoms with Crippen molar-refractivity contribution < 1.29 is 4.79 Å². The van der Waals surface area contributed by atoms with Gasteiger partial charge in [-0.25, -0.2) is 4.79 Å². The Balaban J connectivity index is 1.77. The van der Waals surface area contributed by atoms with Gasteiger partial charge in [0.1, 0.15) is 0 Å². The van der Waals surface area contributed by atoms with Crippen molar-refractivity contribution in [3.63, 3.8) is 0 Å². The van der Waals surface area contributed by atoms with Crippen LogP contribution >= 0.6 is 0 Å². The molecule has 3 heteroatoms. The molecule has 2 amide bonds. The average Bonchev–Trinajstić information content (AvgIpc) is 2.76. The van der Waals surface area contributed by atoms with E-state index in [1.54, 1.807) is 0 Å². The summed E-state index contributed by atoms with van der Waals surface area (Å²) in [5.74, 6) is 0. The lowest BCUT2D eigenvalue weighted by molar-refractivity contribution is 0.128. The molecule has 0 radical (unpaired) electrons.